The Kier molecular flexibility index (Phi) is 3.93. The van der Waals surface area contributed by atoms with Crippen molar-refractivity contribution in [2.45, 2.75) is 25.4 Å². The van der Waals surface area contributed by atoms with Crippen molar-refractivity contribution < 1.29 is 17.7 Å². The molecule has 138 valence electrons. The van der Waals surface area contributed by atoms with E-state index in [9.17, 15) is 13.2 Å². The highest BCUT2D eigenvalue weighted by Gasteiger charge is 2.32. The van der Waals surface area contributed by atoms with Gasteiger partial charge in [0.15, 0.2) is 5.65 Å². The average molecular weight is 379 g/mol. The first-order valence-electron chi connectivity index (χ1n) is 8.01. The number of pyridine rings is 2. The first kappa shape index (κ1) is 16.9. The fraction of sp³-hybridized carbons (Fsp3) is 0.400. The average Bonchev–Trinajstić information content (AvgIpc) is 2.87. The largest absolute Gasteiger partial charge is 0.481 e. The van der Waals surface area contributed by atoms with Gasteiger partial charge in [0.1, 0.15) is 0 Å². The minimum absolute atomic E-state index is 0.125. The summed E-state index contributed by atoms with van der Waals surface area (Å²) in [4.78, 5) is 23.7. The van der Waals surface area contributed by atoms with Gasteiger partial charge in [0.2, 0.25) is 5.88 Å². The molecule has 1 saturated carbocycles. The van der Waals surface area contributed by atoms with Gasteiger partial charge >= 0.3 is 16.0 Å². The molecule has 3 aromatic rings. The summed E-state index contributed by atoms with van der Waals surface area (Å²) in [5, 5.41) is 0.730. The number of aromatic amines is 1. The second-order valence-corrected chi connectivity index (χ2v) is 7.60. The number of hydrogen-bond acceptors (Lipinski definition) is 6. The van der Waals surface area contributed by atoms with Crippen molar-refractivity contribution in [1.82, 2.24) is 24.2 Å². The van der Waals surface area contributed by atoms with Gasteiger partial charge in [-0.25, -0.2) is 9.78 Å². The van der Waals surface area contributed by atoms with Gasteiger partial charge in [0.05, 0.1) is 24.3 Å². The normalized spacial score (nSPS) is 20.4. The molecule has 1 aliphatic rings. The van der Waals surface area contributed by atoms with Crippen LogP contribution < -0.4 is 15.1 Å². The van der Waals surface area contributed by atoms with Crippen LogP contribution in [0.1, 0.15) is 12.8 Å². The molecule has 0 bridgehead atoms. The van der Waals surface area contributed by atoms with Gasteiger partial charge in [0.25, 0.3) is 0 Å². The molecule has 0 aliphatic heterocycles. The number of nitrogens with one attached hydrogen (secondary N) is 2. The van der Waals surface area contributed by atoms with Crippen LogP contribution in [0, 0.1) is 5.92 Å². The van der Waals surface area contributed by atoms with Gasteiger partial charge in [-0.05, 0) is 24.8 Å². The quantitative estimate of drug-likeness (QED) is 0.547. The van der Waals surface area contributed by atoms with Crippen LogP contribution in [0.3, 0.4) is 0 Å². The number of nitrogens with zero attached hydrogens (tertiary/aromatic N) is 3. The first-order chi connectivity index (χ1) is 12.3. The first-order valence-corrected chi connectivity index (χ1v) is 9.45. The summed E-state index contributed by atoms with van der Waals surface area (Å²) < 4.78 is 39.4. The second-order valence-electron chi connectivity index (χ2n) is 6.41. The Balaban J connectivity index is 1.66. The molecule has 1 fully saturated rings. The predicted octanol–water partition coefficient (Wildman–Crippen LogP) is 0.452. The summed E-state index contributed by atoms with van der Waals surface area (Å²) in [6.45, 7) is 0.438. The van der Waals surface area contributed by atoms with Crippen LogP contribution in [-0.2, 0) is 16.8 Å². The van der Waals surface area contributed by atoms with E-state index >= 15 is 0 Å². The summed E-state index contributed by atoms with van der Waals surface area (Å²) in [5.74, 6) is 0.562. The predicted molar refractivity (Wildman–Crippen MR) is 93.4 cm³/mol. The molecule has 1 aliphatic carbocycles. The number of H-pyrrole nitrogens is 1. The highest BCUT2D eigenvalue weighted by molar-refractivity contribution is 7.83. The summed E-state index contributed by atoms with van der Waals surface area (Å²) in [6.07, 6.45) is 2.66. The third-order valence-corrected chi connectivity index (χ3v) is 5.26. The third-order valence-electron chi connectivity index (χ3n) is 4.63. The van der Waals surface area contributed by atoms with E-state index < -0.39 is 10.3 Å². The highest BCUT2D eigenvalue weighted by Crippen LogP contribution is 2.31. The highest BCUT2D eigenvalue weighted by atomic mass is 32.2. The van der Waals surface area contributed by atoms with E-state index in [2.05, 4.69) is 19.7 Å². The minimum Gasteiger partial charge on any atom is -0.481 e. The van der Waals surface area contributed by atoms with Gasteiger partial charge in [-0.2, -0.15) is 18.1 Å². The van der Waals surface area contributed by atoms with E-state index in [1.807, 2.05) is 6.07 Å². The van der Waals surface area contributed by atoms with Crippen LogP contribution >= 0.6 is 0 Å². The number of fused-ring (bicyclic) bond motifs is 3. The number of aromatic nitrogens is 4. The lowest BCUT2D eigenvalue weighted by atomic mass is 9.81. The second kappa shape index (κ2) is 6.04. The van der Waals surface area contributed by atoms with Crippen LogP contribution in [0.2, 0.25) is 0 Å². The zero-order valence-corrected chi connectivity index (χ0v) is 14.7. The van der Waals surface area contributed by atoms with Gasteiger partial charge in [-0.1, -0.05) is 0 Å². The van der Waals surface area contributed by atoms with E-state index in [1.165, 1.54) is 7.11 Å². The van der Waals surface area contributed by atoms with E-state index in [1.54, 1.807) is 16.8 Å². The van der Waals surface area contributed by atoms with Gasteiger partial charge in [0, 0.05) is 24.0 Å². The molecule has 3 aromatic heterocycles. The smallest absolute Gasteiger partial charge is 0.333 e. The van der Waals surface area contributed by atoms with Gasteiger partial charge in [-0.3, -0.25) is 9.12 Å². The molecule has 10 nitrogen and oxygen atoms in total. The Morgan fingerprint density at radius 3 is 2.88 bits per heavy atom. The fourth-order valence-corrected chi connectivity index (χ4v) is 4.06. The van der Waals surface area contributed by atoms with Crippen molar-refractivity contribution in [1.29, 1.82) is 0 Å². The number of hydrogen-bond donors (Lipinski definition) is 3. The van der Waals surface area contributed by atoms with Crippen LogP contribution in [-0.4, -0.2) is 45.6 Å². The molecule has 0 atom stereocenters. The molecule has 3 heterocycles. The number of imidazole rings is 1. The van der Waals surface area contributed by atoms with Crippen molar-refractivity contribution in [2.24, 2.45) is 5.92 Å². The zero-order chi connectivity index (χ0) is 18.5. The molecule has 0 radical (unpaired) electrons. The molecular formula is C15H17N5O5S. The van der Waals surface area contributed by atoms with Crippen LogP contribution in [0.15, 0.2) is 23.1 Å². The van der Waals surface area contributed by atoms with Crippen molar-refractivity contribution in [3.8, 4) is 5.88 Å². The lowest BCUT2D eigenvalue weighted by Crippen LogP contribution is -2.45. The van der Waals surface area contributed by atoms with E-state index in [-0.39, 0.29) is 17.6 Å². The van der Waals surface area contributed by atoms with Crippen molar-refractivity contribution in [3.63, 3.8) is 0 Å². The minimum atomic E-state index is -4.20. The lowest BCUT2D eigenvalue weighted by Gasteiger charge is -2.34. The Labute approximate surface area is 148 Å². The fourth-order valence-electron chi connectivity index (χ4n) is 3.45. The molecule has 0 saturated heterocycles. The SMILES string of the molecule is COc1ccc2c(ncc3[nH]c(=O)n(CC4CC(NS(=O)(=O)O)C4)c32)n1. The maximum atomic E-state index is 12.4. The summed E-state index contributed by atoms with van der Waals surface area (Å²) in [7, 11) is -2.68. The number of ether oxygens (including phenoxy) is 1. The van der Waals surface area contributed by atoms with Crippen LogP contribution in [0.4, 0.5) is 0 Å². The molecular weight excluding hydrogens is 362 g/mol. The van der Waals surface area contributed by atoms with Crippen LogP contribution in [0.25, 0.3) is 22.1 Å². The molecule has 11 heteroatoms. The number of methoxy groups -OCH3 is 1. The molecule has 26 heavy (non-hydrogen) atoms. The molecule has 4 rings (SSSR count). The lowest BCUT2D eigenvalue weighted by molar-refractivity contribution is 0.217. The van der Waals surface area contributed by atoms with E-state index in [4.69, 9.17) is 9.29 Å². The topological polar surface area (TPSA) is 139 Å². The Morgan fingerprint density at radius 1 is 1.42 bits per heavy atom. The Bertz CT molecular complexity index is 1150. The summed E-state index contributed by atoms with van der Waals surface area (Å²) in [6, 6.07) is 3.21. The van der Waals surface area contributed by atoms with Crippen LogP contribution in [0.5, 0.6) is 5.88 Å². The molecule has 0 amide bonds. The van der Waals surface area contributed by atoms with E-state index in [0.29, 0.717) is 41.9 Å². The molecule has 0 spiro atoms. The monoisotopic (exact) mass is 379 g/mol. The maximum absolute atomic E-state index is 12.4. The Morgan fingerprint density at radius 2 is 2.19 bits per heavy atom. The zero-order valence-electron chi connectivity index (χ0n) is 13.8. The van der Waals surface area contributed by atoms with Gasteiger partial charge < -0.3 is 9.72 Å². The summed E-state index contributed by atoms with van der Waals surface area (Å²) in [5.41, 5.74) is 1.54. The molecule has 0 unspecified atom stereocenters. The van der Waals surface area contributed by atoms with Crippen molar-refractivity contribution >= 4 is 32.4 Å². The maximum Gasteiger partial charge on any atom is 0.333 e. The number of rotatable bonds is 5. The standard InChI is InChI=1S/C15H17N5O5S/c1-25-12-3-2-10-13-11(6-16-14(10)18-12)17-15(21)20(13)7-8-4-9(5-8)19-26(22,23)24/h2-3,6,8-9,19H,4-5,7H2,1H3,(H,17,21)(H,22,23,24). The molecule has 0 aromatic carbocycles. The van der Waals surface area contributed by atoms with E-state index in [0.717, 1.165) is 5.39 Å². The molecule has 3 N–H and O–H groups in total. The third kappa shape index (κ3) is 3.04. The summed E-state index contributed by atoms with van der Waals surface area (Å²) >= 11 is 0. The van der Waals surface area contributed by atoms with Crippen molar-refractivity contribution in [2.75, 3.05) is 7.11 Å². The van der Waals surface area contributed by atoms with Crippen molar-refractivity contribution in [3.05, 3.63) is 28.8 Å². The Hall–Kier alpha value is -2.50. The van der Waals surface area contributed by atoms with Gasteiger partial charge in [-0.15, -0.1) is 0 Å².